The van der Waals surface area contributed by atoms with Crippen molar-refractivity contribution in [2.24, 2.45) is 29.6 Å². The van der Waals surface area contributed by atoms with E-state index in [-0.39, 0.29) is 55.4 Å². The number of fused-ring (bicyclic) bond motifs is 3. The summed E-state index contributed by atoms with van der Waals surface area (Å²) in [5, 5.41) is 43.9. The number of nitrogens with zero attached hydrogens (tertiary/aromatic N) is 1. The van der Waals surface area contributed by atoms with Gasteiger partial charge in [-0.05, 0) is 113 Å². The molecule has 0 spiro atoms. The van der Waals surface area contributed by atoms with E-state index in [1.165, 1.54) is 26.4 Å². The van der Waals surface area contributed by atoms with Gasteiger partial charge in [0.2, 0.25) is 5.79 Å². The number of esters is 1. The standard InChI is InChI=1S/C51H73NO14/c1-29-22-30(2)24-43(63-7)46-44(64-8)26-32(4)51(61,66-46)47(56)48(57)52-21-10-9-14-38(52)50(60)65-45(31(3)25-35-17-20-39(53)42(27-35)62-6)33(5)40(54)28-41(55)37(23-29)13-11-12-34-15-18-36(19-16-34)49(58)59/h11-12,15-16,18-19,23,25,30,32-33,35,37-40,42-46,53-54,61H,9-10,13-14,17,20-22,24,26-28H2,1-8H3,(H,58,59)/b12-11+,29-23-,31-25+/t30-,32-,33-,35+,37+,38?,39-,40+,42-,43-,44+,45-,46+,51-/m0/s1. The molecule has 366 valence electrons. The Bertz CT molecular complexity index is 1940. The van der Waals surface area contributed by atoms with Crippen molar-refractivity contribution in [3.05, 3.63) is 64.8 Å². The molecule has 66 heavy (non-hydrogen) atoms. The molecule has 1 aromatic carbocycles. The lowest BCUT2D eigenvalue weighted by atomic mass is 9.81. The molecule has 4 N–H and O–H groups in total. The minimum absolute atomic E-state index is 0.0528. The molecule has 1 aliphatic carbocycles. The minimum atomic E-state index is -2.55. The Hall–Kier alpha value is -4.09. The maximum atomic E-state index is 14.5. The number of aliphatic hydroxyl groups excluding tert-OH is 2. The quantitative estimate of drug-likeness (QED) is 0.130. The molecule has 0 aromatic heterocycles. The highest BCUT2D eigenvalue weighted by atomic mass is 16.7. The van der Waals surface area contributed by atoms with Gasteiger partial charge in [-0.2, -0.15) is 0 Å². The molecule has 3 heterocycles. The molecular weight excluding hydrogens is 851 g/mol. The van der Waals surface area contributed by atoms with Crippen LogP contribution in [0.1, 0.15) is 121 Å². The summed E-state index contributed by atoms with van der Waals surface area (Å²) < 4.78 is 30.0. The SMILES string of the molecule is CO[C@H]1C[C@@H](C)C/C(C)=C\[C@@H](C/C=C/c2ccc(C(=O)O)cc2)C(=O)C[C@@H](O)[C@H](C)[C@H](/C(C)=C/[C@H]2CC[C@H](O)[C@@H](OC)C2)OC(=O)C2CCCCN2C(=O)C(=O)[C@@]2(O)O[C@H]1[C@H](OC)C[C@@H]2C. The molecule has 0 radical (unpaired) electrons. The monoisotopic (exact) mass is 924 g/mol. The molecule has 2 bridgehead atoms. The molecule has 1 amide bonds. The van der Waals surface area contributed by atoms with Crippen molar-refractivity contribution in [1.82, 2.24) is 4.90 Å². The summed E-state index contributed by atoms with van der Waals surface area (Å²) in [7, 11) is 4.57. The molecule has 15 heteroatoms. The number of benzene rings is 1. The van der Waals surface area contributed by atoms with Crippen LogP contribution in [-0.2, 0) is 42.9 Å². The Morgan fingerprint density at radius 1 is 0.879 bits per heavy atom. The predicted octanol–water partition coefficient (Wildman–Crippen LogP) is 5.86. The number of allylic oxidation sites excluding steroid dienone is 4. The average molecular weight is 924 g/mol. The van der Waals surface area contributed by atoms with Crippen LogP contribution in [0.5, 0.6) is 0 Å². The van der Waals surface area contributed by atoms with Gasteiger partial charge in [0, 0.05) is 52.0 Å². The van der Waals surface area contributed by atoms with E-state index in [1.54, 1.807) is 40.0 Å². The average Bonchev–Trinajstić information content (AvgIpc) is 3.29. The van der Waals surface area contributed by atoms with E-state index in [9.17, 15) is 44.4 Å². The zero-order chi connectivity index (χ0) is 48.5. The number of rotatable bonds is 9. The summed E-state index contributed by atoms with van der Waals surface area (Å²) >= 11 is 0. The van der Waals surface area contributed by atoms with Gasteiger partial charge in [-0.15, -0.1) is 0 Å². The van der Waals surface area contributed by atoms with Crippen LogP contribution >= 0.6 is 0 Å². The van der Waals surface area contributed by atoms with E-state index in [1.807, 2.05) is 38.2 Å². The number of ketones is 2. The van der Waals surface area contributed by atoms with Crippen LogP contribution < -0.4 is 0 Å². The summed E-state index contributed by atoms with van der Waals surface area (Å²) in [6.45, 7) is 9.13. The van der Waals surface area contributed by atoms with E-state index in [4.69, 9.17) is 23.7 Å². The highest BCUT2D eigenvalue weighted by Crippen LogP contribution is 2.39. The highest BCUT2D eigenvalue weighted by molar-refractivity contribution is 6.39. The fourth-order valence-corrected chi connectivity index (χ4v) is 10.3. The highest BCUT2D eigenvalue weighted by Gasteiger charge is 2.56. The van der Waals surface area contributed by atoms with Crippen molar-refractivity contribution >= 4 is 35.5 Å². The van der Waals surface area contributed by atoms with Crippen LogP contribution in [-0.4, -0.2) is 137 Å². The van der Waals surface area contributed by atoms with E-state index in [0.29, 0.717) is 50.5 Å². The number of aliphatic hydroxyl groups is 3. The Kier molecular flexibility index (Phi) is 19.0. The van der Waals surface area contributed by atoms with E-state index >= 15 is 0 Å². The van der Waals surface area contributed by atoms with E-state index < -0.39 is 95.9 Å². The number of amides is 1. The third-order valence-electron chi connectivity index (χ3n) is 14.3. The van der Waals surface area contributed by atoms with Gasteiger partial charge in [-0.25, -0.2) is 9.59 Å². The van der Waals surface area contributed by atoms with Gasteiger partial charge in [-0.3, -0.25) is 14.4 Å². The molecule has 15 nitrogen and oxygen atoms in total. The lowest BCUT2D eigenvalue weighted by molar-refractivity contribution is -0.302. The van der Waals surface area contributed by atoms with Crippen LogP contribution in [0.2, 0.25) is 0 Å². The summed E-state index contributed by atoms with van der Waals surface area (Å²) in [5.41, 5.74) is 2.42. The molecule has 5 rings (SSSR count). The second kappa shape index (κ2) is 23.8. The van der Waals surface area contributed by atoms with Gasteiger partial charge in [0.25, 0.3) is 11.7 Å². The van der Waals surface area contributed by atoms with Crippen molar-refractivity contribution in [1.29, 1.82) is 0 Å². The first-order valence-electron chi connectivity index (χ1n) is 23.6. The molecular formula is C51H73NO14. The van der Waals surface area contributed by atoms with Crippen molar-refractivity contribution in [3.8, 4) is 0 Å². The van der Waals surface area contributed by atoms with Crippen LogP contribution in [0.3, 0.4) is 0 Å². The summed E-state index contributed by atoms with van der Waals surface area (Å²) in [6, 6.07) is 5.20. The van der Waals surface area contributed by atoms with Gasteiger partial charge in [-0.1, -0.05) is 62.8 Å². The number of methoxy groups -OCH3 is 3. The lowest BCUT2D eigenvalue weighted by Gasteiger charge is -2.47. The van der Waals surface area contributed by atoms with Crippen LogP contribution in [0.15, 0.2) is 53.6 Å². The molecule has 3 aliphatic heterocycles. The van der Waals surface area contributed by atoms with E-state index in [0.717, 1.165) is 16.0 Å². The molecule has 1 aromatic rings. The maximum Gasteiger partial charge on any atom is 0.335 e. The van der Waals surface area contributed by atoms with Gasteiger partial charge in [0.15, 0.2) is 0 Å². The first-order valence-corrected chi connectivity index (χ1v) is 23.6. The first-order chi connectivity index (χ1) is 31.3. The molecule has 4 aliphatic rings. The number of hydrogen-bond donors (Lipinski definition) is 4. The molecule has 1 unspecified atom stereocenters. The zero-order valence-corrected chi connectivity index (χ0v) is 39.9. The number of carbonyl (C=O) groups excluding carboxylic acids is 4. The van der Waals surface area contributed by atoms with Crippen LogP contribution in [0.4, 0.5) is 0 Å². The van der Waals surface area contributed by atoms with Crippen molar-refractivity contribution in [3.63, 3.8) is 0 Å². The predicted molar refractivity (Wildman–Crippen MR) is 245 cm³/mol. The number of Topliss-reactive ketones (excluding diaryl/α,β-unsaturated/α-hetero) is 2. The number of carboxylic acids is 1. The number of piperidine rings is 1. The number of ether oxygens (including phenoxy) is 5. The molecule has 2 saturated heterocycles. The summed E-state index contributed by atoms with van der Waals surface area (Å²) in [4.78, 5) is 70.2. The molecule has 14 atom stereocenters. The number of carboxylic acid groups (broad SMARTS) is 1. The zero-order valence-electron chi connectivity index (χ0n) is 39.9. The largest absolute Gasteiger partial charge is 0.478 e. The molecule has 3 fully saturated rings. The first kappa shape index (κ1) is 52.9. The Labute approximate surface area is 389 Å². The summed E-state index contributed by atoms with van der Waals surface area (Å²) in [6.07, 6.45) is 6.02. The van der Waals surface area contributed by atoms with Gasteiger partial charge in [0.1, 0.15) is 24.0 Å². The van der Waals surface area contributed by atoms with Gasteiger partial charge in [0.05, 0.1) is 36.1 Å². The van der Waals surface area contributed by atoms with Gasteiger partial charge < -0.3 is 49.0 Å². The fourth-order valence-electron chi connectivity index (χ4n) is 10.3. The topological polar surface area (TPSA) is 216 Å². The summed E-state index contributed by atoms with van der Waals surface area (Å²) in [5.74, 6) is -9.32. The number of cyclic esters (lactones) is 1. The van der Waals surface area contributed by atoms with Crippen LogP contribution in [0, 0.1) is 29.6 Å². The van der Waals surface area contributed by atoms with Crippen molar-refractivity contribution in [2.45, 2.75) is 160 Å². The van der Waals surface area contributed by atoms with Crippen LogP contribution in [0.25, 0.3) is 6.08 Å². The Balaban J connectivity index is 1.55. The Morgan fingerprint density at radius 3 is 2.20 bits per heavy atom. The number of carbonyl (C=O) groups is 5. The smallest absolute Gasteiger partial charge is 0.335 e. The third-order valence-corrected chi connectivity index (χ3v) is 14.3. The van der Waals surface area contributed by atoms with E-state index in [2.05, 4.69) is 0 Å². The maximum absolute atomic E-state index is 14.5. The Morgan fingerprint density at radius 2 is 1.55 bits per heavy atom. The minimum Gasteiger partial charge on any atom is -0.478 e. The second-order valence-electron chi connectivity index (χ2n) is 19.3. The second-order valence-corrected chi connectivity index (χ2v) is 19.3. The third kappa shape index (κ3) is 12.9. The van der Waals surface area contributed by atoms with Crippen molar-refractivity contribution < 1.29 is 68.1 Å². The number of hydrogen-bond acceptors (Lipinski definition) is 13. The normalized spacial score (nSPS) is 37.1. The number of aromatic carboxylic acids is 1. The fraction of sp³-hybridized carbons (Fsp3) is 0.667. The van der Waals surface area contributed by atoms with Crippen molar-refractivity contribution in [2.75, 3.05) is 27.9 Å². The van der Waals surface area contributed by atoms with Gasteiger partial charge >= 0.3 is 11.9 Å². The lowest BCUT2D eigenvalue weighted by Crippen LogP contribution is -2.64. The molecule has 1 saturated carbocycles.